The van der Waals surface area contributed by atoms with E-state index in [1.165, 1.54) is 28.3 Å². The van der Waals surface area contributed by atoms with Gasteiger partial charge in [0.1, 0.15) is 49.4 Å². The summed E-state index contributed by atoms with van der Waals surface area (Å²) >= 11 is 0. The van der Waals surface area contributed by atoms with Crippen molar-refractivity contribution in [2.45, 2.75) is 104 Å². The molecule has 6 rings (SSSR count). The van der Waals surface area contributed by atoms with Gasteiger partial charge < -0.3 is 38.2 Å². The van der Waals surface area contributed by atoms with Gasteiger partial charge in [-0.05, 0) is 177 Å². The minimum absolute atomic E-state index is 0.306. The molecule has 0 atom stereocenters. The molecule has 0 aliphatic heterocycles. The van der Waals surface area contributed by atoms with Gasteiger partial charge in [0.15, 0.2) is 11.5 Å². The van der Waals surface area contributed by atoms with Crippen molar-refractivity contribution in [2.75, 3.05) is 66.1 Å². The SMILES string of the molecule is C=CCOOCCCCCCOc1ccc(COOc2ccc(Cc3ccc(OCCCCCCOC(=O)C=C)cc3)cc2C)cc1.C=CCOOCCCOc1ccc(COOc2ccc(Cc3ccc(OCCCOC(=O)C=C)cc3)cc2C)cc1. The number of carbonyl (C=O) groups is 2. The second-order valence-corrected chi connectivity index (χ2v) is 20.3. The molecule has 0 aromatic heterocycles. The Morgan fingerprint density at radius 3 is 1.03 bits per heavy atom. The van der Waals surface area contributed by atoms with E-state index >= 15 is 0 Å². The van der Waals surface area contributed by atoms with Gasteiger partial charge in [0.05, 0.1) is 52.9 Å². The predicted octanol–water partition coefficient (Wildman–Crippen LogP) is 15.3. The number of unbranched alkanes of at least 4 members (excludes halogenated alkanes) is 6. The van der Waals surface area contributed by atoms with Gasteiger partial charge in [-0.15, -0.1) is 13.2 Å². The Balaban J connectivity index is 0.000000324. The molecule has 88 heavy (non-hydrogen) atoms. The molecule has 0 fully saturated rings. The first-order valence-electron chi connectivity index (χ1n) is 30.1. The van der Waals surface area contributed by atoms with Crippen LogP contribution in [-0.4, -0.2) is 78.0 Å². The molecule has 16 nitrogen and oxygen atoms in total. The summed E-state index contributed by atoms with van der Waals surface area (Å²) in [5.41, 5.74) is 8.71. The Labute approximate surface area is 520 Å². The van der Waals surface area contributed by atoms with Gasteiger partial charge in [0.2, 0.25) is 0 Å². The van der Waals surface area contributed by atoms with Crippen LogP contribution in [0.25, 0.3) is 0 Å². The van der Waals surface area contributed by atoms with Gasteiger partial charge in [0.25, 0.3) is 0 Å². The van der Waals surface area contributed by atoms with Crippen LogP contribution < -0.4 is 28.7 Å². The van der Waals surface area contributed by atoms with E-state index in [1.807, 2.05) is 117 Å². The van der Waals surface area contributed by atoms with Crippen LogP contribution in [0, 0.1) is 13.8 Å². The number of hydrogen-bond acceptors (Lipinski definition) is 16. The highest BCUT2D eigenvalue weighted by atomic mass is 17.2. The number of esters is 2. The number of hydrogen-bond donors (Lipinski definition) is 0. The molecule has 16 heteroatoms. The second-order valence-electron chi connectivity index (χ2n) is 20.3. The lowest BCUT2D eigenvalue weighted by atomic mass is 10.0. The maximum Gasteiger partial charge on any atom is 0.330 e. The van der Waals surface area contributed by atoms with Gasteiger partial charge >= 0.3 is 11.9 Å². The van der Waals surface area contributed by atoms with Crippen LogP contribution in [-0.2, 0) is 74.4 Å². The summed E-state index contributed by atoms with van der Waals surface area (Å²) in [5, 5.41) is 0. The molecule has 6 aromatic carbocycles. The summed E-state index contributed by atoms with van der Waals surface area (Å²) in [7, 11) is 0. The second kappa shape index (κ2) is 44.3. The molecule has 0 amide bonds. The molecule has 0 bridgehead atoms. The topological polar surface area (TPSA) is 163 Å². The third kappa shape index (κ3) is 30.9. The van der Waals surface area contributed by atoms with Crippen molar-refractivity contribution in [1.29, 1.82) is 0 Å². The van der Waals surface area contributed by atoms with Crippen LogP contribution in [0.2, 0.25) is 0 Å². The van der Waals surface area contributed by atoms with Crippen LogP contribution >= 0.6 is 0 Å². The first-order valence-corrected chi connectivity index (χ1v) is 30.1. The van der Waals surface area contributed by atoms with Gasteiger partial charge in [0, 0.05) is 25.0 Å². The molecule has 0 heterocycles. The zero-order valence-electron chi connectivity index (χ0n) is 51.3. The summed E-state index contributed by atoms with van der Waals surface area (Å²) in [5.74, 6) is 3.86. The van der Waals surface area contributed by atoms with Gasteiger partial charge in [-0.2, -0.15) is 9.78 Å². The van der Waals surface area contributed by atoms with E-state index in [-0.39, 0.29) is 5.97 Å². The van der Waals surface area contributed by atoms with Gasteiger partial charge in [-0.3, -0.25) is 0 Å². The van der Waals surface area contributed by atoms with Crippen molar-refractivity contribution in [3.8, 4) is 34.5 Å². The van der Waals surface area contributed by atoms with E-state index in [9.17, 15) is 9.59 Å². The van der Waals surface area contributed by atoms with Crippen molar-refractivity contribution >= 4 is 11.9 Å². The standard InChI is InChI=1S/C39H50O8.C33H38O8/c1-4-24-44-45-28-13-9-8-11-26-42-37-21-16-34(17-22-37)31-46-47-38-23-18-35(29-32(38)3)30-33-14-19-36(20-15-33)41-25-10-6-7-12-27-43-39(40)5-2;1-4-18-38-39-22-7-20-36-31-15-10-28(11-16-31)25-40-41-32-17-12-29(23-26(32)3)24-27-8-13-30(14-9-27)35-19-6-21-37-33(34)5-2/h4-5,14-23,29H,1-2,6-13,24-28,30-31H2,3H3;4-5,8-17,23H,1-2,6-7,18-22,24-25H2,3H3. The third-order valence-electron chi connectivity index (χ3n) is 13.0. The predicted molar refractivity (Wildman–Crippen MR) is 339 cm³/mol. The van der Waals surface area contributed by atoms with E-state index < -0.39 is 5.97 Å². The minimum atomic E-state index is -0.421. The summed E-state index contributed by atoms with van der Waals surface area (Å²) in [4.78, 5) is 64.1. The van der Waals surface area contributed by atoms with Crippen molar-refractivity contribution < 1.29 is 77.1 Å². The highest BCUT2D eigenvalue weighted by Gasteiger charge is 2.09. The minimum Gasteiger partial charge on any atom is -0.494 e. The lowest BCUT2D eigenvalue weighted by Gasteiger charge is -2.11. The fourth-order valence-corrected chi connectivity index (χ4v) is 8.28. The average Bonchev–Trinajstić information content (AvgIpc) is 3.75. The molecule has 0 radical (unpaired) electrons. The highest BCUT2D eigenvalue weighted by Crippen LogP contribution is 2.25. The van der Waals surface area contributed by atoms with E-state index in [1.54, 1.807) is 12.2 Å². The Hall–Kier alpha value is -8.22. The molecule has 472 valence electrons. The summed E-state index contributed by atoms with van der Waals surface area (Å²) in [6.45, 7) is 23.5. The normalized spacial score (nSPS) is 10.7. The monoisotopic (exact) mass is 1210 g/mol. The maximum atomic E-state index is 11.0. The average molecular weight is 1210 g/mol. The lowest BCUT2D eigenvalue weighted by molar-refractivity contribution is -0.287. The number of benzene rings is 6. The number of aryl methyl sites for hydroxylation is 2. The van der Waals surface area contributed by atoms with E-state index in [4.69, 9.17) is 67.5 Å². The molecule has 0 saturated heterocycles. The first kappa shape index (κ1) is 70.5. The zero-order valence-corrected chi connectivity index (χ0v) is 51.3. The highest BCUT2D eigenvalue weighted by molar-refractivity contribution is 5.81. The Kier molecular flexibility index (Phi) is 35.5. The zero-order chi connectivity index (χ0) is 62.5. The summed E-state index contributed by atoms with van der Waals surface area (Å²) < 4.78 is 33.1. The largest absolute Gasteiger partial charge is 0.494 e. The Bertz CT molecular complexity index is 2910. The van der Waals surface area contributed by atoms with Crippen LogP contribution in [0.15, 0.2) is 184 Å². The molecule has 0 unspecified atom stereocenters. The van der Waals surface area contributed by atoms with Crippen molar-refractivity contribution in [3.05, 3.63) is 229 Å². The lowest BCUT2D eigenvalue weighted by Crippen LogP contribution is -2.06. The van der Waals surface area contributed by atoms with Gasteiger partial charge in [-0.25, -0.2) is 29.1 Å². The van der Waals surface area contributed by atoms with Crippen LogP contribution in [0.4, 0.5) is 0 Å². The number of ether oxygens (including phenoxy) is 6. The van der Waals surface area contributed by atoms with E-state index in [2.05, 4.69) is 56.6 Å². The fourth-order valence-electron chi connectivity index (χ4n) is 8.28. The maximum absolute atomic E-state index is 11.0. The van der Waals surface area contributed by atoms with Crippen molar-refractivity contribution in [1.82, 2.24) is 0 Å². The molecular formula is C72H88O16. The summed E-state index contributed by atoms with van der Waals surface area (Å²) in [6.07, 6.45) is 16.5. The third-order valence-corrected chi connectivity index (χ3v) is 13.0. The summed E-state index contributed by atoms with van der Waals surface area (Å²) in [6, 6.07) is 44.0. The first-order chi connectivity index (χ1) is 43.1. The fraction of sp³-hybridized carbons (Fsp3) is 0.361. The molecule has 0 N–H and O–H groups in total. The van der Waals surface area contributed by atoms with Crippen LogP contribution in [0.1, 0.15) is 109 Å². The smallest absolute Gasteiger partial charge is 0.330 e. The van der Waals surface area contributed by atoms with E-state index in [0.717, 1.165) is 116 Å². The quantitative estimate of drug-likeness (QED) is 0.00885. The molecule has 0 aliphatic rings. The van der Waals surface area contributed by atoms with E-state index in [0.29, 0.717) is 104 Å². The van der Waals surface area contributed by atoms with Crippen molar-refractivity contribution in [2.24, 2.45) is 0 Å². The molecular weight excluding hydrogens is 1120 g/mol. The molecule has 6 aromatic rings. The van der Waals surface area contributed by atoms with Crippen LogP contribution in [0.5, 0.6) is 34.5 Å². The van der Waals surface area contributed by atoms with Crippen LogP contribution in [0.3, 0.4) is 0 Å². The molecule has 0 spiro atoms. The molecule has 0 saturated carbocycles. The van der Waals surface area contributed by atoms with Crippen molar-refractivity contribution in [3.63, 3.8) is 0 Å². The number of carbonyl (C=O) groups excluding carboxylic acids is 2. The van der Waals surface area contributed by atoms with Gasteiger partial charge in [-0.1, -0.05) is 105 Å². The Morgan fingerprint density at radius 2 is 0.659 bits per heavy atom. The Morgan fingerprint density at radius 1 is 0.341 bits per heavy atom. The number of rotatable bonds is 46. The molecule has 0 aliphatic carbocycles.